The van der Waals surface area contributed by atoms with Crippen molar-refractivity contribution in [3.05, 3.63) is 18.3 Å². The second-order valence-corrected chi connectivity index (χ2v) is 6.69. The first-order chi connectivity index (χ1) is 9.02. The summed E-state index contributed by atoms with van der Waals surface area (Å²) in [4.78, 5) is 4.08. The molecule has 0 saturated carbocycles. The van der Waals surface area contributed by atoms with E-state index in [1.165, 1.54) is 6.20 Å². The fourth-order valence-electron chi connectivity index (χ4n) is 2.75. The predicted molar refractivity (Wildman–Crippen MR) is 75.6 cm³/mol. The van der Waals surface area contributed by atoms with Gasteiger partial charge in [0.15, 0.2) is 5.03 Å². The first-order valence-electron chi connectivity index (χ1n) is 6.68. The Morgan fingerprint density at radius 3 is 2.84 bits per heavy atom. The van der Waals surface area contributed by atoms with E-state index in [0.717, 1.165) is 19.3 Å². The van der Waals surface area contributed by atoms with E-state index in [2.05, 4.69) is 10.3 Å². The molecule has 5 nitrogen and oxygen atoms in total. The summed E-state index contributed by atoms with van der Waals surface area (Å²) in [5.74, 6) is 0. The van der Waals surface area contributed by atoms with Crippen molar-refractivity contribution >= 4 is 15.7 Å². The largest absolute Gasteiger partial charge is 0.386 e. The SMILES string of the molecule is CCC1CCC(C)N1S(=O)(=O)c1ncccc1NC. The molecule has 0 aliphatic carbocycles. The van der Waals surface area contributed by atoms with Gasteiger partial charge < -0.3 is 5.32 Å². The molecule has 1 aromatic heterocycles. The topological polar surface area (TPSA) is 62.3 Å². The highest BCUT2D eigenvalue weighted by Crippen LogP contribution is 2.33. The molecule has 106 valence electrons. The van der Waals surface area contributed by atoms with Crippen LogP contribution in [0.3, 0.4) is 0 Å². The van der Waals surface area contributed by atoms with Gasteiger partial charge in [-0.05, 0) is 38.3 Å². The van der Waals surface area contributed by atoms with E-state index in [1.54, 1.807) is 23.5 Å². The van der Waals surface area contributed by atoms with Gasteiger partial charge in [0.1, 0.15) is 0 Å². The van der Waals surface area contributed by atoms with E-state index in [1.807, 2.05) is 13.8 Å². The average molecular weight is 283 g/mol. The average Bonchev–Trinajstić information content (AvgIpc) is 2.80. The first-order valence-corrected chi connectivity index (χ1v) is 8.12. The molecule has 1 aromatic rings. The van der Waals surface area contributed by atoms with Crippen LogP contribution in [-0.2, 0) is 10.0 Å². The highest BCUT2D eigenvalue weighted by molar-refractivity contribution is 7.89. The maximum Gasteiger partial charge on any atom is 0.263 e. The third kappa shape index (κ3) is 2.47. The third-order valence-corrected chi connectivity index (χ3v) is 5.77. The van der Waals surface area contributed by atoms with E-state index in [4.69, 9.17) is 0 Å². The maximum absolute atomic E-state index is 12.8. The van der Waals surface area contributed by atoms with Crippen molar-refractivity contribution in [3.63, 3.8) is 0 Å². The molecular formula is C13H21N3O2S. The zero-order valence-electron chi connectivity index (χ0n) is 11.6. The van der Waals surface area contributed by atoms with Crippen molar-refractivity contribution in [1.82, 2.24) is 9.29 Å². The summed E-state index contributed by atoms with van der Waals surface area (Å²) in [6, 6.07) is 3.60. The Kier molecular flexibility index (Phi) is 4.10. The van der Waals surface area contributed by atoms with Crippen LogP contribution in [-0.4, -0.2) is 36.8 Å². The van der Waals surface area contributed by atoms with Gasteiger partial charge in [-0.25, -0.2) is 13.4 Å². The molecule has 0 radical (unpaired) electrons. The molecule has 2 unspecified atom stereocenters. The monoisotopic (exact) mass is 283 g/mol. The van der Waals surface area contributed by atoms with Gasteiger partial charge in [0.25, 0.3) is 10.0 Å². The lowest BCUT2D eigenvalue weighted by molar-refractivity contribution is 0.327. The summed E-state index contributed by atoms with van der Waals surface area (Å²) in [7, 11) is -1.82. The zero-order valence-corrected chi connectivity index (χ0v) is 12.4. The minimum atomic E-state index is -3.53. The number of pyridine rings is 1. The summed E-state index contributed by atoms with van der Waals surface area (Å²) in [6.07, 6.45) is 4.21. The van der Waals surface area contributed by atoms with Gasteiger partial charge >= 0.3 is 0 Å². The van der Waals surface area contributed by atoms with Crippen LogP contribution in [0.2, 0.25) is 0 Å². The Balaban J connectivity index is 2.47. The molecule has 6 heteroatoms. The van der Waals surface area contributed by atoms with Gasteiger partial charge in [-0.3, -0.25) is 0 Å². The lowest BCUT2D eigenvalue weighted by Gasteiger charge is -2.27. The van der Waals surface area contributed by atoms with Gasteiger partial charge in [-0.1, -0.05) is 6.92 Å². The number of hydrogen-bond acceptors (Lipinski definition) is 4. The maximum atomic E-state index is 12.8. The number of anilines is 1. The number of aromatic nitrogens is 1. The molecule has 1 N–H and O–H groups in total. The van der Waals surface area contributed by atoms with E-state index < -0.39 is 10.0 Å². The van der Waals surface area contributed by atoms with Gasteiger partial charge in [-0.15, -0.1) is 0 Å². The smallest absolute Gasteiger partial charge is 0.263 e. The lowest BCUT2D eigenvalue weighted by Crippen LogP contribution is -2.40. The van der Waals surface area contributed by atoms with Crippen LogP contribution >= 0.6 is 0 Å². The number of sulfonamides is 1. The van der Waals surface area contributed by atoms with E-state index >= 15 is 0 Å². The van der Waals surface area contributed by atoms with Gasteiger partial charge in [0, 0.05) is 25.3 Å². The molecule has 1 aliphatic heterocycles. The van der Waals surface area contributed by atoms with Crippen LogP contribution in [0.4, 0.5) is 5.69 Å². The number of nitrogens with zero attached hydrogens (tertiary/aromatic N) is 2. The van der Waals surface area contributed by atoms with Gasteiger partial charge in [0.2, 0.25) is 0 Å². The zero-order chi connectivity index (χ0) is 14.0. The fraction of sp³-hybridized carbons (Fsp3) is 0.615. The van der Waals surface area contributed by atoms with Crippen molar-refractivity contribution in [2.75, 3.05) is 12.4 Å². The lowest BCUT2D eigenvalue weighted by atomic mass is 10.2. The molecule has 0 aromatic carbocycles. The van der Waals surface area contributed by atoms with Crippen molar-refractivity contribution in [2.24, 2.45) is 0 Å². The van der Waals surface area contributed by atoms with Crippen LogP contribution in [0.25, 0.3) is 0 Å². The minimum absolute atomic E-state index is 0.0432. The van der Waals surface area contributed by atoms with Crippen molar-refractivity contribution in [2.45, 2.75) is 50.2 Å². The van der Waals surface area contributed by atoms with Crippen LogP contribution in [0, 0.1) is 0 Å². The quantitative estimate of drug-likeness (QED) is 0.919. The molecule has 1 fully saturated rings. The summed E-state index contributed by atoms with van der Waals surface area (Å²) in [6.45, 7) is 4.00. The van der Waals surface area contributed by atoms with E-state index in [0.29, 0.717) is 5.69 Å². The fourth-order valence-corrected chi connectivity index (χ4v) is 4.82. The Labute approximate surface area is 115 Å². The highest BCUT2D eigenvalue weighted by Gasteiger charge is 2.40. The Hall–Kier alpha value is -1.14. The van der Waals surface area contributed by atoms with Gasteiger partial charge in [0.05, 0.1) is 5.69 Å². The molecule has 1 aliphatic rings. The van der Waals surface area contributed by atoms with Crippen LogP contribution in [0.5, 0.6) is 0 Å². The van der Waals surface area contributed by atoms with Crippen molar-refractivity contribution < 1.29 is 8.42 Å². The number of hydrogen-bond donors (Lipinski definition) is 1. The first kappa shape index (κ1) is 14.3. The summed E-state index contributed by atoms with van der Waals surface area (Å²) < 4.78 is 27.3. The molecule has 2 atom stereocenters. The van der Waals surface area contributed by atoms with E-state index in [9.17, 15) is 8.42 Å². The number of rotatable bonds is 4. The van der Waals surface area contributed by atoms with E-state index in [-0.39, 0.29) is 17.1 Å². The third-order valence-electron chi connectivity index (χ3n) is 3.75. The van der Waals surface area contributed by atoms with Crippen molar-refractivity contribution in [3.8, 4) is 0 Å². The van der Waals surface area contributed by atoms with Gasteiger partial charge in [-0.2, -0.15) is 4.31 Å². The number of nitrogens with one attached hydrogen (secondary N) is 1. The second kappa shape index (κ2) is 5.46. The molecule has 0 spiro atoms. The summed E-state index contributed by atoms with van der Waals surface area (Å²) >= 11 is 0. The predicted octanol–water partition coefficient (Wildman–Crippen LogP) is 2.07. The molecule has 2 heterocycles. The van der Waals surface area contributed by atoms with Crippen LogP contribution in [0.1, 0.15) is 33.1 Å². The van der Waals surface area contributed by atoms with Crippen molar-refractivity contribution in [1.29, 1.82) is 0 Å². The normalized spacial score (nSPS) is 24.6. The Morgan fingerprint density at radius 1 is 1.47 bits per heavy atom. The second-order valence-electron chi connectivity index (χ2n) is 4.93. The molecule has 1 saturated heterocycles. The Bertz CT molecular complexity index is 545. The van der Waals surface area contributed by atoms with Crippen LogP contribution < -0.4 is 5.32 Å². The summed E-state index contributed by atoms with van der Waals surface area (Å²) in [5.41, 5.74) is 0.552. The highest BCUT2D eigenvalue weighted by atomic mass is 32.2. The molecule has 2 rings (SSSR count). The van der Waals surface area contributed by atoms with Crippen LogP contribution in [0.15, 0.2) is 23.4 Å². The summed E-state index contributed by atoms with van der Waals surface area (Å²) in [5, 5.41) is 3.03. The Morgan fingerprint density at radius 2 is 2.21 bits per heavy atom. The standard InChI is InChI=1S/C13H21N3O2S/c1-4-11-8-7-10(2)16(11)19(17,18)13-12(14-3)6-5-9-15-13/h5-6,9-11,14H,4,7-8H2,1-3H3. The molecule has 19 heavy (non-hydrogen) atoms. The molecule has 0 amide bonds. The molecular weight excluding hydrogens is 262 g/mol. The molecule has 0 bridgehead atoms. The minimum Gasteiger partial charge on any atom is -0.386 e.